The minimum atomic E-state index is -0.530. The minimum absolute atomic E-state index is 0.200. The van der Waals surface area contributed by atoms with Crippen LogP contribution in [0.5, 0.6) is 0 Å². The number of aliphatic hydroxyl groups is 1. The van der Waals surface area contributed by atoms with Gasteiger partial charge in [-0.25, -0.2) is 9.97 Å². The molecule has 1 atom stereocenters. The Labute approximate surface area is 134 Å². The number of hydrogen-bond acceptors (Lipinski definition) is 5. The Morgan fingerprint density at radius 1 is 1.36 bits per heavy atom. The molecule has 22 heavy (non-hydrogen) atoms. The molecule has 3 rings (SSSR count). The Morgan fingerprint density at radius 3 is 2.68 bits per heavy atom. The highest BCUT2D eigenvalue weighted by Gasteiger charge is 2.29. The van der Waals surface area contributed by atoms with Crippen LogP contribution < -0.4 is 10.6 Å². The lowest BCUT2D eigenvalue weighted by Gasteiger charge is -2.35. The average molecular weight is 322 g/mol. The number of aliphatic hydroxyl groups excluding tert-OH is 1. The molecule has 3 heterocycles. The smallest absolute Gasteiger partial charge is 0.151 e. The normalized spacial score (nSPS) is 17.7. The van der Waals surface area contributed by atoms with Crippen LogP contribution in [0.25, 0.3) is 0 Å². The van der Waals surface area contributed by atoms with Gasteiger partial charge in [0.1, 0.15) is 11.9 Å². The van der Waals surface area contributed by atoms with Gasteiger partial charge < -0.3 is 20.3 Å². The number of imidazole rings is 1. The summed E-state index contributed by atoms with van der Waals surface area (Å²) in [6, 6.07) is 1.72. The van der Waals surface area contributed by atoms with Crippen LogP contribution in [0.1, 0.15) is 24.8 Å². The summed E-state index contributed by atoms with van der Waals surface area (Å²) in [5, 5.41) is 11.0. The van der Waals surface area contributed by atoms with Crippen LogP contribution in [0.3, 0.4) is 0 Å². The second kappa shape index (κ2) is 6.14. The first-order valence-corrected chi connectivity index (χ1v) is 7.75. The van der Waals surface area contributed by atoms with E-state index in [1.165, 1.54) is 0 Å². The molecule has 0 saturated carbocycles. The van der Waals surface area contributed by atoms with E-state index >= 15 is 0 Å². The Kier molecular flexibility index (Phi) is 4.22. The molecule has 2 aromatic heterocycles. The third-order valence-corrected chi connectivity index (χ3v) is 4.48. The third kappa shape index (κ3) is 2.89. The number of hydrogen-bond donors (Lipinski definition) is 2. The van der Waals surface area contributed by atoms with E-state index in [1.54, 1.807) is 18.5 Å². The van der Waals surface area contributed by atoms with Gasteiger partial charge in [-0.2, -0.15) is 0 Å². The highest BCUT2D eigenvalue weighted by molar-refractivity contribution is 6.30. The Morgan fingerprint density at radius 2 is 2.09 bits per heavy atom. The van der Waals surface area contributed by atoms with Gasteiger partial charge in [-0.15, -0.1) is 0 Å². The lowest BCUT2D eigenvalue weighted by molar-refractivity contribution is 0.0824. The molecule has 1 unspecified atom stereocenters. The van der Waals surface area contributed by atoms with Gasteiger partial charge in [0, 0.05) is 38.7 Å². The van der Waals surface area contributed by atoms with Crippen LogP contribution in [-0.2, 0) is 7.05 Å². The van der Waals surface area contributed by atoms with Crippen molar-refractivity contribution in [2.24, 2.45) is 13.0 Å². The van der Waals surface area contributed by atoms with Crippen molar-refractivity contribution in [3.05, 3.63) is 35.5 Å². The topological polar surface area (TPSA) is 80.2 Å². The second-order valence-electron chi connectivity index (χ2n) is 5.73. The SMILES string of the molecule is Cn1ccnc1C(O)C1CCN(c2ncc(Cl)cc2N)CC1. The summed E-state index contributed by atoms with van der Waals surface area (Å²) in [5.74, 6) is 1.70. The Balaban J connectivity index is 1.66. The quantitative estimate of drug-likeness (QED) is 0.903. The van der Waals surface area contributed by atoms with Gasteiger partial charge in [-0.1, -0.05) is 11.6 Å². The fraction of sp³-hybridized carbons (Fsp3) is 0.467. The molecule has 0 radical (unpaired) electrons. The van der Waals surface area contributed by atoms with Crippen molar-refractivity contribution in [2.75, 3.05) is 23.7 Å². The van der Waals surface area contributed by atoms with Crippen LogP contribution in [0.15, 0.2) is 24.7 Å². The molecule has 0 spiro atoms. The van der Waals surface area contributed by atoms with E-state index in [-0.39, 0.29) is 5.92 Å². The molecule has 0 aliphatic carbocycles. The number of piperidine rings is 1. The van der Waals surface area contributed by atoms with Gasteiger partial charge >= 0.3 is 0 Å². The van der Waals surface area contributed by atoms with Crippen LogP contribution in [-0.4, -0.2) is 32.7 Å². The predicted molar refractivity (Wildman–Crippen MR) is 86.8 cm³/mol. The number of aryl methyl sites for hydroxylation is 1. The maximum absolute atomic E-state index is 10.5. The van der Waals surface area contributed by atoms with Gasteiger partial charge in [0.15, 0.2) is 5.82 Å². The molecule has 0 aromatic carbocycles. The molecule has 6 nitrogen and oxygen atoms in total. The number of rotatable bonds is 3. The molecule has 7 heteroatoms. The highest BCUT2D eigenvalue weighted by Crippen LogP contribution is 2.33. The standard InChI is InChI=1S/C15H20ClN5O/c1-20-7-4-18-15(20)13(22)10-2-5-21(6-3-10)14-12(17)8-11(16)9-19-14/h4,7-10,13,22H,2-3,5-6,17H2,1H3. The van der Waals surface area contributed by atoms with Gasteiger partial charge in [0.2, 0.25) is 0 Å². The van der Waals surface area contributed by atoms with Crippen LogP contribution in [0, 0.1) is 5.92 Å². The molecule has 3 N–H and O–H groups in total. The molecule has 0 bridgehead atoms. The molecule has 1 aliphatic rings. The van der Waals surface area contributed by atoms with Gasteiger partial charge in [0.25, 0.3) is 0 Å². The van der Waals surface area contributed by atoms with Crippen molar-refractivity contribution in [2.45, 2.75) is 18.9 Å². The fourth-order valence-electron chi connectivity index (χ4n) is 3.01. The van der Waals surface area contributed by atoms with Crippen LogP contribution in [0.4, 0.5) is 11.5 Å². The lowest BCUT2D eigenvalue weighted by atomic mass is 9.90. The number of nitrogens with two attached hydrogens (primary N) is 1. The summed E-state index contributed by atoms with van der Waals surface area (Å²) in [7, 11) is 1.90. The number of nitrogens with zero attached hydrogens (tertiary/aromatic N) is 4. The van der Waals surface area contributed by atoms with Crippen molar-refractivity contribution >= 4 is 23.1 Å². The zero-order valence-electron chi connectivity index (χ0n) is 12.5. The van der Waals surface area contributed by atoms with E-state index in [0.717, 1.165) is 37.6 Å². The first-order valence-electron chi connectivity index (χ1n) is 7.37. The van der Waals surface area contributed by atoms with Gasteiger partial charge in [-0.05, 0) is 24.8 Å². The summed E-state index contributed by atoms with van der Waals surface area (Å²) in [6.07, 6.45) is 6.40. The van der Waals surface area contributed by atoms with E-state index in [0.29, 0.717) is 10.7 Å². The number of nitrogen functional groups attached to an aromatic ring is 1. The molecule has 118 valence electrons. The summed E-state index contributed by atoms with van der Waals surface area (Å²) in [5.41, 5.74) is 6.59. The summed E-state index contributed by atoms with van der Waals surface area (Å²) >= 11 is 5.89. The Bertz CT molecular complexity index is 651. The van der Waals surface area contributed by atoms with Crippen molar-refractivity contribution in [1.29, 1.82) is 0 Å². The predicted octanol–water partition coefficient (Wildman–Crippen LogP) is 2.00. The fourth-order valence-corrected chi connectivity index (χ4v) is 3.18. The zero-order valence-corrected chi connectivity index (χ0v) is 13.2. The number of aromatic nitrogens is 3. The molecular weight excluding hydrogens is 302 g/mol. The Hall–Kier alpha value is -1.79. The molecule has 1 saturated heterocycles. The molecule has 0 amide bonds. The maximum atomic E-state index is 10.5. The first kappa shape index (κ1) is 15.1. The largest absolute Gasteiger partial charge is 0.396 e. The number of anilines is 2. The van der Waals surface area contributed by atoms with E-state index < -0.39 is 6.10 Å². The monoisotopic (exact) mass is 321 g/mol. The molecular formula is C15H20ClN5O. The molecule has 1 fully saturated rings. The summed E-state index contributed by atoms with van der Waals surface area (Å²) < 4.78 is 1.87. The summed E-state index contributed by atoms with van der Waals surface area (Å²) in [4.78, 5) is 10.7. The van der Waals surface area contributed by atoms with E-state index in [2.05, 4.69) is 14.9 Å². The van der Waals surface area contributed by atoms with E-state index in [1.807, 2.05) is 17.8 Å². The van der Waals surface area contributed by atoms with Gasteiger partial charge in [0.05, 0.1) is 10.7 Å². The van der Waals surface area contributed by atoms with Crippen LogP contribution in [0.2, 0.25) is 5.02 Å². The van der Waals surface area contributed by atoms with Crippen molar-refractivity contribution in [1.82, 2.24) is 14.5 Å². The number of pyridine rings is 1. The molecule has 2 aromatic rings. The lowest BCUT2D eigenvalue weighted by Crippen LogP contribution is -2.37. The van der Waals surface area contributed by atoms with Gasteiger partial charge in [-0.3, -0.25) is 0 Å². The maximum Gasteiger partial charge on any atom is 0.151 e. The zero-order chi connectivity index (χ0) is 15.7. The van der Waals surface area contributed by atoms with Crippen LogP contribution >= 0.6 is 11.6 Å². The van der Waals surface area contributed by atoms with E-state index in [9.17, 15) is 5.11 Å². The average Bonchev–Trinajstić information content (AvgIpc) is 2.93. The molecule has 1 aliphatic heterocycles. The van der Waals surface area contributed by atoms with Crippen molar-refractivity contribution in [3.8, 4) is 0 Å². The highest BCUT2D eigenvalue weighted by atomic mass is 35.5. The second-order valence-corrected chi connectivity index (χ2v) is 6.17. The van der Waals surface area contributed by atoms with Crippen molar-refractivity contribution < 1.29 is 5.11 Å². The van der Waals surface area contributed by atoms with Crippen molar-refractivity contribution in [3.63, 3.8) is 0 Å². The third-order valence-electron chi connectivity index (χ3n) is 4.27. The summed E-state index contributed by atoms with van der Waals surface area (Å²) in [6.45, 7) is 1.62. The first-order chi connectivity index (χ1) is 10.6. The van der Waals surface area contributed by atoms with E-state index in [4.69, 9.17) is 17.3 Å². The number of halogens is 1. The minimum Gasteiger partial charge on any atom is -0.396 e.